The molecule has 0 aromatic heterocycles. The fraction of sp³-hybridized carbons (Fsp3) is 0.235. The minimum atomic E-state index is -0.735. The maximum absolute atomic E-state index is 11.9. The Morgan fingerprint density at radius 3 is 2.39 bits per heavy atom. The zero-order chi connectivity index (χ0) is 16.8. The molecule has 0 aliphatic heterocycles. The number of ether oxygens (including phenoxy) is 2. The predicted octanol–water partition coefficient (Wildman–Crippen LogP) is 3.45. The van der Waals surface area contributed by atoms with Crippen molar-refractivity contribution in [2.24, 2.45) is 0 Å². The molecule has 0 saturated heterocycles. The Morgan fingerprint density at radius 2 is 1.74 bits per heavy atom. The van der Waals surface area contributed by atoms with Crippen molar-refractivity contribution in [3.8, 4) is 5.75 Å². The molecule has 23 heavy (non-hydrogen) atoms. The lowest BCUT2D eigenvalue weighted by Gasteiger charge is -2.09. The van der Waals surface area contributed by atoms with Crippen LogP contribution in [0.5, 0.6) is 5.75 Å². The molecule has 0 heterocycles. The second-order valence-electron chi connectivity index (χ2n) is 5.08. The number of esters is 1. The number of rotatable bonds is 6. The molecule has 0 aliphatic rings. The maximum atomic E-state index is 11.9. The van der Waals surface area contributed by atoms with E-state index >= 15 is 0 Å². The van der Waals surface area contributed by atoms with Gasteiger partial charge < -0.3 is 9.47 Å². The van der Waals surface area contributed by atoms with Gasteiger partial charge in [0.1, 0.15) is 24.5 Å². The third-order valence-electron chi connectivity index (χ3n) is 3.10. The first-order chi connectivity index (χ1) is 11.0. The number of carbonyl (C=O) groups is 1. The van der Waals surface area contributed by atoms with E-state index in [-0.39, 0.29) is 24.5 Å². The normalized spacial score (nSPS) is 10.2. The van der Waals surface area contributed by atoms with E-state index in [1.807, 2.05) is 32.0 Å². The number of nitro groups is 1. The van der Waals surface area contributed by atoms with Crippen LogP contribution in [0.1, 0.15) is 21.5 Å². The monoisotopic (exact) mass is 315 g/mol. The van der Waals surface area contributed by atoms with Crippen molar-refractivity contribution in [1.29, 1.82) is 0 Å². The minimum absolute atomic E-state index is 0.0118. The SMILES string of the molecule is Cc1cc(C)cc(OCCOC(=O)c2ccccc2[N+](=O)[O-])c1. The Balaban J connectivity index is 1.89. The second kappa shape index (κ2) is 7.40. The summed E-state index contributed by atoms with van der Waals surface area (Å²) in [6.45, 7) is 4.12. The number of benzene rings is 2. The first kappa shape index (κ1) is 16.5. The molecule has 2 aromatic rings. The highest BCUT2D eigenvalue weighted by Crippen LogP contribution is 2.19. The van der Waals surface area contributed by atoms with Crippen molar-refractivity contribution >= 4 is 11.7 Å². The van der Waals surface area contributed by atoms with E-state index in [1.54, 1.807) is 6.07 Å². The van der Waals surface area contributed by atoms with Gasteiger partial charge in [-0.3, -0.25) is 10.1 Å². The zero-order valence-corrected chi connectivity index (χ0v) is 12.9. The highest BCUT2D eigenvalue weighted by molar-refractivity contribution is 5.93. The van der Waals surface area contributed by atoms with Gasteiger partial charge in [0.2, 0.25) is 0 Å². The predicted molar refractivity (Wildman–Crippen MR) is 84.8 cm³/mol. The summed E-state index contributed by atoms with van der Waals surface area (Å²) in [5.41, 5.74) is 1.82. The molecule has 0 saturated carbocycles. The van der Waals surface area contributed by atoms with Crippen LogP contribution < -0.4 is 4.74 Å². The van der Waals surface area contributed by atoms with Gasteiger partial charge in [0.15, 0.2) is 0 Å². The van der Waals surface area contributed by atoms with Crippen molar-refractivity contribution < 1.29 is 19.2 Å². The quantitative estimate of drug-likeness (QED) is 0.353. The maximum Gasteiger partial charge on any atom is 0.345 e. The highest BCUT2D eigenvalue weighted by Gasteiger charge is 2.20. The molecule has 0 spiro atoms. The Hall–Kier alpha value is -2.89. The summed E-state index contributed by atoms with van der Waals surface area (Å²) in [6, 6.07) is 11.5. The third kappa shape index (κ3) is 4.54. The molecular weight excluding hydrogens is 298 g/mol. The van der Waals surface area contributed by atoms with Crippen LogP contribution in [0.25, 0.3) is 0 Å². The van der Waals surface area contributed by atoms with E-state index in [2.05, 4.69) is 0 Å². The number of hydrogen-bond acceptors (Lipinski definition) is 5. The van der Waals surface area contributed by atoms with Gasteiger partial charge in [-0.1, -0.05) is 18.2 Å². The van der Waals surface area contributed by atoms with E-state index in [0.717, 1.165) is 11.1 Å². The van der Waals surface area contributed by atoms with E-state index < -0.39 is 10.9 Å². The Labute approximate surface area is 133 Å². The van der Waals surface area contributed by atoms with Crippen LogP contribution in [0.2, 0.25) is 0 Å². The van der Waals surface area contributed by atoms with Crippen LogP contribution in [0, 0.1) is 24.0 Å². The van der Waals surface area contributed by atoms with Crippen LogP contribution in [0.4, 0.5) is 5.69 Å². The number of para-hydroxylation sites is 1. The molecule has 0 aliphatic carbocycles. The molecule has 0 amide bonds. The van der Waals surface area contributed by atoms with Crippen LogP contribution >= 0.6 is 0 Å². The lowest BCUT2D eigenvalue weighted by Crippen LogP contribution is -2.13. The Morgan fingerprint density at radius 1 is 1.09 bits per heavy atom. The average molecular weight is 315 g/mol. The number of aryl methyl sites for hydroxylation is 2. The lowest BCUT2D eigenvalue weighted by atomic mass is 10.1. The minimum Gasteiger partial charge on any atom is -0.490 e. The molecule has 2 rings (SSSR count). The van der Waals surface area contributed by atoms with Gasteiger partial charge in [0, 0.05) is 6.07 Å². The Bertz CT molecular complexity index is 706. The van der Waals surface area contributed by atoms with Crippen LogP contribution in [0.15, 0.2) is 42.5 Å². The summed E-state index contributed by atoms with van der Waals surface area (Å²) >= 11 is 0. The summed E-state index contributed by atoms with van der Waals surface area (Å²) in [5.74, 6) is -0.0365. The van der Waals surface area contributed by atoms with E-state index in [0.29, 0.717) is 5.75 Å². The summed E-state index contributed by atoms with van der Waals surface area (Å²) in [6.07, 6.45) is 0. The van der Waals surface area contributed by atoms with Gasteiger partial charge >= 0.3 is 5.97 Å². The molecule has 0 unspecified atom stereocenters. The summed E-state index contributed by atoms with van der Waals surface area (Å²) in [5, 5.41) is 10.9. The average Bonchev–Trinajstić information content (AvgIpc) is 2.50. The van der Waals surface area contributed by atoms with Gasteiger partial charge in [-0.2, -0.15) is 0 Å². The molecule has 6 heteroatoms. The van der Waals surface area contributed by atoms with Gasteiger partial charge in [0.05, 0.1) is 4.92 Å². The number of carbonyl (C=O) groups excluding carboxylic acids is 1. The summed E-state index contributed by atoms with van der Waals surface area (Å²) in [7, 11) is 0. The molecule has 120 valence electrons. The van der Waals surface area contributed by atoms with Crippen molar-refractivity contribution in [1.82, 2.24) is 0 Å². The van der Waals surface area contributed by atoms with Gasteiger partial charge in [-0.05, 0) is 43.2 Å². The van der Waals surface area contributed by atoms with Crippen LogP contribution in [0.3, 0.4) is 0 Å². The third-order valence-corrected chi connectivity index (χ3v) is 3.10. The first-order valence-electron chi connectivity index (χ1n) is 7.09. The van der Waals surface area contributed by atoms with Crippen LogP contribution in [-0.2, 0) is 4.74 Å². The van der Waals surface area contributed by atoms with Crippen LogP contribution in [-0.4, -0.2) is 24.1 Å². The second-order valence-corrected chi connectivity index (χ2v) is 5.08. The molecule has 0 fully saturated rings. The Kier molecular flexibility index (Phi) is 5.30. The number of nitrogens with zero attached hydrogens (tertiary/aromatic N) is 1. The van der Waals surface area contributed by atoms with Crippen molar-refractivity contribution in [3.63, 3.8) is 0 Å². The molecule has 0 N–H and O–H groups in total. The van der Waals surface area contributed by atoms with Crippen molar-refractivity contribution in [2.45, 2.75) is 13.8 Å². The zero-order valence-electron chi connectivity index (χ0n) is 12.9. The lowest BCUT2D eigenvalue weighted by molar-refractivity contribution is -0.385. The van der Waals surface area contributed by atoms with E-state index in [4.69, 9.17) is 9.47 Å². The highest BCUT2D eigenvalue weighted by atomic mass is 16.6. The number of nitro benzene ring substituents is 1. The largest absolute Gasteiger partial charge is 0.490 e. The van der Waals surface area contributed by atoms with E-state index in [1.165, 1.54) is 18.2 Å². The van der Waals surface area contributed by atoms with Gasteiger partial charge in [-0.15, -0.1) is 0 Å². The topological polar surface area (TPSA) is 78.7 Å². The van der Waals surface area contributed by atoms with Crippen molar-refractivity contribution in [2.75, 3.05) is 13.2 Å². The molecule has 2 aromatic carbocycles. The first-order valence-corrected chi connectivity index (χ1v) is 7.09. The molecule has 0 bridgehead atoms. The smallest absolute Gasteiger partial charge is 0.345 e. The van der Waals surface area contributed by atoms with Crippen molar-refractivity contribution in [3.05, 3.63) is 69.3 Å². The van der Waals surface area contributed by atoms with E-state index in [9.17, 15) is 14.9 Å². The summed E-state index contributed by atoms with van der Waals surface area (Å²) in [4.78, 5) is 22.2. The molecule has 6 nitrogen and oxygen atoms in total. The number of hydrogen-bond donors (Lipinski definition) is 0. The molecule has 0 atom stereocenters. The standard InChI is InChI=1S/C17H17NO5/c1-12-9-13(2)11-14(10-12)22-7-8-23-17(19)15-5-3-4-6-16(15)18(20)21/h3-6,9-11H,7-8H2,1-2H3. The fourth-order valence-corrected chi connectivity index (χ4v) is 2.19. The van der Waals surface area contributed by atoms with Gasteiger partial charge in [0.25, 0.3) is 5.69 Å². The molecule has 0 radical (unpaired) electrons. The molecular formula is C17H17NO5. The summed E-state index contributed by atoms with van der Waals surface area (Å²) < 4.78 is 10.6. The fourth-order valence-electron chi connectivity index (χ4n) is 2.19. The van der Waals surface area contributed by atoms with Gasteiger partial charge in [-0.25, -0.2) is 4.79 Å².